The van der Waals surface area contributed by atoms with E-state index in [0.717, 1.165) is 0 Å². The molecule has 3 heterocycles. The van der Waals surface area contributed by atoms with E-state index in [2.05, 4.69) is 15.0 Å². The van der Waals surface area contributed by atoms with Crippen LogP contribution in [0.1, 0.15) is 13.8 Å². The third-order valence-corrected chi connectivity index (χ3v) is 4.67. The number of primary amides is 1. The summed E-state index contributed by atoms with van der Waals surface area (Å²) in [6.07, 6.45) is 1.07. The maximum absolute atomic E-state index is 13.3. The zero-order valence-corrected chi connectivity index (χ0v) is 16.8. The van der Waals surface area contributed by atoms with Gasteiger partial charge in [-0.25, -0.2) is 4.98 Å². The van der Waals surface area contributed by atoms with Crippen molar-refractivity contribution in [1.82, 2.24) is 15.0 Å². The highest BCUT2D eigenvalue weighted by molar-refractivity contribution is 6.31. The summed E-state index contributed by atoms with van der Waals surface area (Å²) in [4.78, 5) is 23.8. The first-order valence-corrected chi connectivity index (χ1v) is 9.18. The first kappa shape index (κ1) is 21.8. The predicted molar refractivity (Wildman–Crippen MR) is 107 cm³/mol. The van der Waals surface area contributed by atoms with E-state index in [1.807, 2.05) is 0 Å². The fourth-order valence-corrected chi connectivity index (χ4v) is 3.51. The van der Waals surface area contributed by atoms with Crippen molar-refractivity contribution in [2.75, 3.05) is 11.4 Å². The molecule has 160 valence electrons. The Bertz CT molecular complexity index is 1080. The Balaban J connectivity index is 2.13. The summed E-state index contributed by atoms with van der Waals surface area (Å²) >= 11 is 6.01. The number of fused-ring (bicyclic) bond motifs is 1. The number of halogens is 4. The summed E-state index contributed by atoms with van der Waals surface area (Å²) in [5, 5.41) is 11.4. The highest BCUT2D eigenvalue weighted by Crippen LogP contribution is 2.33. The van der Waals surface area contributed by atoms with Crippen molar-refractivity contribution in [2.24, 2.45) is 5.73 Å². The van der Waals surface area contributed by atoms with Crippen LogP contribution in [-0.4, -0.2) is 50.3 Å². The van der Waals surface area contributed by atoms with Crippen molar-refractivity contribution in [3.63, 3.8) is 0 Å². The van der Waals surface area contributed by atoms with E-state index < -0.39 is 30.3 Å². The standard InChI is InChI=1S/C19H19ClF3N5O2/c1-18(2,30)15(16(24)29)28(9-19(21,22)23)12-3-10(5-25-7-12)14-8-27-17-13(14)4-11(20)6-26-17/h3-8,15,30H,9H2,1-2H3,(H2,24,29)(H,26,27)/t15-/m0/s1. The number of aromatic amines is 1. The molecule has 1 atom stereocenters. The van der Waals surface area contributed by atoms with Crippen LogP contribution in [-0.2, 0) is 4.79 Å². The van der Waals surface area contributed by atoms with Gasteiger partial charge in [-0.05, 0) is 26.0 Å². The Labute approximate surface area is 174 Å². The first-order valence-electron chi connectivity index (χ1n) is 8.80. The minimum atomic E-state index is -4.66. The lowest BCUT2D eigenvalue weighted by atomic mass is 9.95. The number of carbonyl (C=O) groups is 1. The van der Waals surface area contributed by atoms with Crippen LogP contribution in [0.2, 0.25) is 5.02 Å². The lowest BCUT2D eigenvalue weighted by molar-refractivity contribution is -0.131. The molecule has 3 rings (SSSR count). The lowest BCUT2D eigenvalue weighted by Gasteiger charge is -2.38. The number of nitrogens with two attached hydrogens (primary N) is 1. The number of rotatable bonds is 6. The fraction of sp³-hybridized carbons (Fsp3) is 0.316. The van der Waals surface area contributed by atoms with E-state index >= 15 is 0 Å². The van der Waals surface area contributed by atoms with Crippen LogP contribution in [0.4, 0.5) is 18.9 Å². The van der Waals surface area contributed by atoms with Gasteiger partial charge in [0.15, 0.2) is 0 Å². The predicted octanol–water partition coefficient (Wildman–Crippen LogP) is 3.27. The number of aromatic nitrogens is 3. The first-order chi connectivity index (χ1) is 13.9. The lowest BCUT2D eigenvalue weighted by Crippen LogP contribution is -2.59. The van der Waals surface area contributed by atoms with Gasteiger partial charge < -0.3 is 20.7 Å². The number of amides is 1. The van der Waals surface area contributed by atoms with E-state index in [0.29, 0.717) is 32.1 Å². The van der Waals surface area contributed by atoms with Gasteiger partial charge in [-0.15, -0.1) is 0 Å². The van der Waals surface area contributed by atoms with Gasteiger partial charge in [0, 0.05) is 35.1 Å². The van der Waals surface area contributed by atoms with Crippen LogP contribution >= 0.6 is 11.6 Å². The number of hydrogen-bond donors (Lipinski definition) is 3. The molecule has 0 spiro atoms. The molecule has 0 aromatic carbocycles. The quantitative estimate of drug-likeness (QED) is 0.544. The van der Waals surface area contributed by atoms with Gasteiger partial charge >= 0.3 is 6.18 Å². The van der Waals surface area contributed by atoms with Gasteiger partial charge in [-0.2, -0.15) is 13.2 Å². The minimum absolute atomic E-state index is 0.0277. The van der Waals surface area contributed by atoms with Gasteiger partial charge in [0.2, 0.25) is 5.91 Å². The number of H-pyrrole nitrogens is 1. The van der Waals surface area contributed by atoms with Crippen LogP contribution < -0.4 is 10.6 Å². The van der Waals surface area contributed by atoms with E-state index in [1.165, 1.54) is 38.5 Å². The summed E-state index contributed by atoms with van der Waals surface area (Å²) in [6.45, 7) is 0.934. The van der Waals surface area contributed by atoms with Gasteiger partial charge in [-0.1, -0.05) is 11.6 Å². The molecular weight excluding hydrogens is 423 g/mol. The third-order valence-electron chi connectivity index (χ3n) is 4.46. The fourth-order valence-electron chi connectivity index (χ4n) is 3.36. The Morgan fingerprint density at radius 2 is 2.00 bits per heavy atom. The molecule has 0 saturated heterocycles. The molecule has 7 nitrogen and oxygen atoms in total. The van der Waals surface area contributed by atoms with Gasteiger partial charge in [-0.3, -0.25) is 9.78 Å². The summed E-state index contributed by atoms with van der Waals surface area (Å²) in [6, 6.07) is 1.46. The molecule has 0 aliphatic carbocycles. The Kier molecular flexibility index (Phi) is 5.66. The molecular formula is C19H19ClF3N5O2. The van der Waals surface area contributed by atoms with E-state index in [9.17, 15) is 23.1 Å². The van der Waals surface area contributed by atoms with Crippen LogP contribution in [0.5, 0.6) is 0 Å². The van der Waals surface area contributed by atoms with Crippen molar-refractivity contribution in [3.05, 3.63) is 41.9 Å². The molecule has 3 aromatic heterocycles. The summed E-state index contributed by atoms with van der Waals surface area (Å²) in [5.74, 6) is -1.10. The van der Waals surface area contributed by atoms with Gasteiger partial charge in [0.1, 0.15) is 18.2 Å². The number of hydrogen-bond acceptors (Lipinski definition) is 5. The Hall–Kier alpha value is -2.85. The number of alkyl halides is 3. The summed E-state index contributed by atoms with van der Waals surface area (Å²) in [5.41, 5.74) is 5.10. The van der Waals surface area contributed by atoms with Gasteiger partial charge in [0.05, 0.1) is 22.5 Å². The van der Waals surface area contributed by atoms with Crippen molar-refractivity contribution < 1.29 is 23.1 Å². The van der Waals surface area contributed by atoms with Crippen molar-refractivity contribution in [2.45, 2.75) is 31.7 Å². The number of nitrogens with zero attached hydrogens (tertiary/aromatic N) is 3. The molecule has 4 N–H and O–H groups in total. The van der Waals surface area contributed by atoms with Crippen molar-refractivity contribution in [3.8, 4) is 11.1 Å². The molecule has 0 unspecified atom stereocenters. The normalized spacial score (nSPS) is 13.4. The second kappa shape index (κ2) is 7.77. The molecule has 0 aliphatic heterocycles. The molecule has 0 saturated carbocycles. The smallest absolute Gasteiger partial charge is 0.388 e. The maximum atomic E-state index is 13.3. The Morgan fingerprint density at radius 1 is 1.30 bits per heavy atom. The Morgan fingerprint density at radius 3 is 2.60 bits per heavy atom. The third kappa shape index (κ3) is 4.65. The molecule has 30 heavy (non-hydrogen) atoms. The van der Waals surface area contributed by atoms with Crippen molar-refractivity contribution in [1.29, 1.82) is 0 Å². The van der Waals surface area contributed by atoms with E-state index in [-0.39, 0.29) is 5.69 Å². The van der Waals surface area contributed by atoms with Crippen molar-refractivity contribution >= 4 is 34.2 Å². The van der Waals surface area contributed by atoms with Crippen LogP contribution in [0.3, 0.4) is 0 Å². The van der Waals surface area contributed by atoms with E-state index in [1.54, 1.807) is 12.3 Å². The summed E-state index contributed by atoms with van der Waals surface area (Å²) < 4.78 is 39.9. The number of carbonyl (C=O) groups excluding carboxylic acids is 1. The monoisotopic (exact) mass is 441 g/mol. The number of nitrogens with one attached hydrogen (secondary N) is 1. The van der Waals surface area contributed by atoms with Crippen LogP contribution in [0, 0.1) is 0 Å². The topological polar surface area (TPSA) is 108 Å². The zero-order valence-electron chi connectivity index (χ0n) is 16.0. The molecule has 0 bridgehead atoms. The molecule has 0 fully saturated rings. The highest BCUT2D eigenvalue weighted by atomic mass is 35.5. The molecule has 0 radical (unpaired) electrons. The number of pyridine rings is 2. The second-order valence-corrected chi connectivity index (χ2v) is 7.82. The SMILES string of the molecule is CC(C)(O)[C@H](C(N)=O)N(CC(F)(F)F)c1cncc(-c2c[nH]c3ncc(Cl)cc23)c1. The largest absolute Gasteiger partial charge is 0.405 e. The molecule has 1 amide bonds. The molecule has 11 heteroatoms. The average Bonchev–Trinajstić information content (AvgIpc) is 3.01. The molecule has 3 aromatic rings. The second-order valence-electron chi connectivity index (χ2n) is 7.39. The maximum Gasteiger partial charge on any atom is 0.405 e. The van der Waals surface area contributed by atoms with Crippen LogP contribution in [0.15, 0.2) is 36.9 Å². The minimum Gasteiger partial charge on any atom is -0.388 e. The van der Waals surface area contributed by atoms with Crippen LogP contribution in [0.25, 0.3) is 22.2 Å². The highest BCUT2D eigenvalue weighted by Gasteiger charge is 2.42. The number of anilines is 1. The molecule has 0 aliphatic rings. The van der Waals surface area contributed by atoms with Gasteiger partial charge in [0.25, 0.3) is 0 Å². The van der Waals surface area contributed by atoms with E-state index in [4.69, 9.17) is 17.3 Å². The average molecular weight is 442 g/mol. The zero-order chi connectivity index (χ0) is 22.3. The summed E-state index contributed by atoms with van der Waals surface area (Å²) in [7, 11) is 0. The number of aliphatic hydroxyl groups is 1.